The monoisotopic (exact) mass is 259 g/mol. The van der Waals surface area contributed by atoms with Crippen molar-refractivity contribution < 1.29 is 13.2 Å². The molecule has 1 saturated heterocycles. The first-order chi connectivity index (χ1) is 8.47. The van der Waals surface area contributed by atoms with Crippen LogP contribution >= 0.6 is 0 Å². The smallest absolute Gasteiger partial charge is 0.304 e. The summed E-state index contributed by atoms with van der Waals surface area (Å²) in [4.78, 5) is 7.67. The number of pyridine rings is 1. The van der Waals surface area contributed by atoms with Crippen LogP contribution in [0.2, 0.25) is 0 Å². The molecule has 0 atom stereocenters. The van der Waals surface area contributed by atoms with Gasteiger partial charge in [-0.15, -0.1) is 0 Å². The second-order valence-electron chi connectivity index (χ2n) is 4.59. The van der Waals surface area contributed by atoms with Gasteiger partial charge < -0.3 is 4.90 Å². The maximum Gasteiger partial charge on any atom is 0.433 e. The Kier molecular flexibility index (Phi) is 3.87. The number of rotatable bonds is 2. The molecule has 1 aliphatic heterocycles. The third-order valence-corrected chi connectivity index (χ3v) is 3.15. The molecule has 1 aliphatic rings. The van der Waals surface area contributed by atoms with Gasteiger partial charge in [-0.2, -0.15) is 13.2 Å². The van der Waals surface area contributed by atoms with Gasteiger partial charge in [-0.1, -0.05) is 6.07 Å². The minimum Gasteiger partial charge on any atom is -0.304 e. The fraction of sp³-hybridized carbons (Fsp3) is 0.583. The van der Waals surface area contributed by atoms with Crippen LogP contribution in [-0.2, 0) is 12.7 Å². The molecule has 0 bridgehead atoms. The van der Waals surface area contributed by atoms with Crippen LogP contribution in [0.5, 0.6) is 0 Å². The van der Waals surface area contributed by atoms with Crippen molar-refractivity contribution >= 4 is 0 Å². The number of piperazine rings is 1. The zero-order valence-corrected chi connectivity index (χ0v) is 10.2. The lowest BCUT2D eigenvalue weighted by atomic mass is 10.1. The van der Waals surface area contributed by atoms with E-state index in [1.54, 1.807) is 6.07 Å². The van der Waals surface area contributed by atoms with Gasteiger partial charge in [0.2, 0.25) is 0 Å². The van der Waals surface area contributed by atoms with Crippen molar-refractivity contribution in [3.8, 4) is 0 Å². The molecular formula is C12H16F3N3. The molecule has 0 radical (unpaired) electrons. The Balaban J connectivity index is 2.10. The molecule has 0 amide bonds. The predicted molar refractivity (Wildman–Crippen MR) is 62.0 cm³/mol. The first kappa shape index (κ1) is 13.3. The normalized spacial score (nSPS) is 19.1. The van der Waals surface area contributed by atoms with Crippen molar-refractivity contribution in [3.05, 3.63) is 29.6 Å². The van der Waals surface area contributed by atoms with Gasteiger partial charge in [0.25, 0.3) is 0 Å². The summed E-state index contributed by atoms with van der Waals surface area (Å²) in [6, 6.07) is 3.06. The molecule has 2 rings (SSSR count). The predicted octanol–water partition coefficient (Wildman–Crippen LogP) is 1.85. The molecule has 0 N–H and O–H groups in total. The van der Waals surface area contributed by atoms with Crippen LogP contribution in [0.3, 0.4) is 0 Å². The first-order valence-corrected chi connectivity index (χ1v) is 5.89. The number of nitrogens with zero attached hydrogens (tertiary/aromatic N) is 3. The van der Waals surface area contributed by atoms with Crippen LogP contribution in [0.25, 0.3) is 0 Å². The van der Waals surface area contributed by atoms with Gasteiger partial charge in [0.05, 0.1) is 0 Å². The maximum absolute atomic E-state index is 12.8. The molecule has 3 nitrogen and oxygen atoms in total. The van der Waals surface area contributed by atoms with Gasteiger partial charge in [0.15, 0.2) is 0 Å². The highest BCUT2D eigenvalue weighted by Gasteiger charge is 2.35. The highest BCUT2D eigenvalue weighted by Crippen LogP contribution is 2.30. The Morgan fingerprint density at radius 2 is 1.89 bits per heavy atom. The standard InChI is InChI=1S/C12H16F3N3/c1-17-5-7-18(8-6-17)9-10-3-2-4-16-11(10)12(13,14)15/h2-4H,5-9H2,1H3. The topological polar surface area (TPSA) is 19.4 Å². The fourth-order valence-electron chi connectivity index (χ4n) is 2.07. The Morgan fingerprint density at radius 3 is 2.50 bits per heavy atom. The van der Waals surface area contributed by atoms with Crippen molar-refractivity contribution in [2.24, 2.45) is 0 Å². The van der Waals surface area contributed by atoms with E-state index in [0.29, 0.717) is 6.54 Å². The molecule has 6 heteroatoms. The summed E-state index contributed by atoms with van der Waals surface area (Å²) in [6.45, 7) is 3.69. The molecule has 0 spiro atoms. The molecule has 2 heterocycles. The first-order valence-electron chi connectivity index (χ1n) is 5.89. The third kappa shape index (κ3) is 3.20. The van der Waals surface area contributed by atoms with E-state index in [1.807, 2.05) is 11.9 Å². The average Bonchev–Trinajstić information content (AvgIpc) is 2.31. The van der Waals surface area contributed by atoms with Gasteiger partial charge in [-0.3, -0.25) is 9.88 Å². The quantitative estimate of drug-likeness (QED) is 0.808. The van der Waals surface area contributed by atoms with E-state index in [4.69, 9.17) is 0 Å². The molecule has 0 saturated carbocycles. The number of likely N-dealkylation sites (N-methyl/N-ethyl adjacent to an activating group) is 1. The summed E-state index contributed by atoms with van der Waals surface area (Å²) in [5.41, 5.74) is -0.501. The Hall–Kier alpha value is -1.14. The molecule has 1 aromatic heterocycles. The van der Waals surface area contributed by atoms with E-state index < -0.39 is 11.9 Å². The largest absolute Gasteiger partial charge is 0.433 e. The molecule has 100 valence electrons. The Bertz CT molecular complexity index is 398. The summed E-state index contributed by atoms with van der Waals surface area (Å²) >= 11 is 0. The zero-order chi connectivity index (χ0) is 13.2. The lowest BCUT2D eigenvalue weighted by Gasteiger charge is -2.32. The van der Waals surface area contributed by atoms with Crippen LogP contribution < -0.4 is 0 Å². The van der Waals surface area contributed by atoms with E-state index in [9.17, 15) is 13.2 Å². The van der Waals surface area contributed by atoms with Crippen LogP contribution in [0, 0.1) is 0 Å². The van der Waals surface area contributed by atoms with E-state index >= 15 is 0 Å². The van der Waals surface area contributed by atoms with Crippen LogP contribution in [0.15, 0.2) is 18.3 Å². The van der Waals surface area contributed by atoms with Gasteiger partial charge in [-0.25, -0.2) is 0 Å². The van der Waals surface area contributed by atoms with Gasteiger partial charge in [0.1, 0.15) is 5.69 Å². The Labute approximate surface area is 104 Å². The maximum atomic E-state index is 12.8. The zero-order valence-electron chi connectivity index (χ0n) is 10.2. The number of hydrogen-bond acceptors (Lipinski definition) is 3. The minimum absolute atomic E-state index is 0.259. The van der Waals surface area contributed by atoms with Crippen LogP contribution in [0.1, 0.15) is 11.3 Å². The van der Waals surface area contributed by atoms with Gasteiger partial charge >= 0.3 is 6.18 Å². The van der Waals surface area contributed by atoms with Crippen molar-refractivity contribution in [3.63, 3.8) is 0 Å². The summed E-state index contributed by atoms with van der Waals surface area (Å²) in [5.74, 6) is 0. The summed E-state index contributed by atoms with van der Waals surface area (Å²) in [6.07, 6.45) is -3.18. The number of aromatic nitrogens is 1. The Morgan fingerprint density at radius 1 is 1.22 bits per heavy atom. The van der Waals surface area contributed by atoms with E-state index in [1.165, 1.54) is 12.3 Å². The second-order valence-corrected chi connectivity index (χ2v) is 4.59. The SMILES string of the molecule is CN1CCN(Cc2cccnc2C(F)(F)F)CC1. The minimum atomic E-state index is -4.37. The van der Waals surface area contributed by atoms with E-state index in [0.717, 1.165) is 26.2 Å². The molecule has 0 aromatic carbocycles. The van der Waals surface area contributed by atoms with Crippen LogP contribution in [0.4, 0.5) is 13.2 Å². The molecule has 1 aromatic rings. The summed E-state index contributed by atoms with van der Waals surface area (Å²) < 4.78 is 38.3. The number of hydrogen-bond donors (Lipinski definition) is 0. The number of alkyl halides is 3. The van der Waals surface area contributed by atoms with Crippen molar-refractivity contribution in [1.82, 2.24) is 14.8 Å². The highest BCUT2D eigenvalue weighted by atomic mass is 19.4. The summed E-state index contributed by atoms with van der Waals surface area (Å²) in [7, 11) is 2.02. The molecule has 18 heavy (non-hydrogen) atoms. The summed E-state index contributed by atoms with van der Waals surface area (Å²) in [5, 5.41) is 0. The highest BCUT2D eigenvalue weighted by molar-refractivity contribution is 5.22. The van der Waals surface area contributed by atoms with Crippen LogP contribution in [-0.4, -0.2) is 48.0 Å². The van der Waals surface area contributed by atoms with E-state index in [2.05, 4.69) is 9.88 Å². The molecule has 0 unspecified atom stereocenters. The molecule has 0 aliphatic carbocycles. The van der Waals surface area contributed by atoms with Gasteiger partial charge in [-0.05, 0) is 18.7 Å². The van der Waals surface area contributed by atoms with Crippen molar-refractivity contribution in [2.45, 2.75) is 12.7 Å². The molecule has 1 fully saturated rings. The van der Waals surface area contributed by atoms with Crippen molar-refractivity contribution in [2.75, 3.05) is 33.2 Å². The second kappa shape index (κ2) is 5.24. The van der Waals surface area contributed by atoms with Crippen molar-refractivity contribution in [1.29, 1.82) is 0 Å². The van der Waals surface area contributed by atoms with Gasteiger partial charge in [0, 0.05) is 38.9 Å². The number of halogens is 3. The average molecular weight is 259 g/mol. The van der Waals surface area contributed by atoms with E-state index in [-0.39, 0.29) is 5.56 Å². The lowest BCUT2D eigenvalue weighted by Crippen LogP contribution is -2.44. The third-order valence-electron chi connectivity index (χ3n) is 3.15. The molecular weight excluding hydrogens is 243 g/mol. The lowest BCUT2D eigenvalue weighted by molar-refractivity contribution is -0.142. The fourth-order valence-corrected chi connectivity index (χ4v) is 2.07.